The molecule has 182 valence electrons. The summed E-state index contributed by atoms with van der Waals surface area (Å²) in [6, 6.07) is 34.7. The van der Waals surface area contributed by atoms with E-state index in [2.05, 4.69) is 65.2 Å². The molecule has 0 radical (unpaired) electrons. The highest BCUT2D eigenvalue weighted by Crippen LogP contribution is 2.44. The molecule has 0 aliphatic carbocycles. The zero-order chi connectivity index (χ0) is 25.4. The molecule has 2 atom stereocenters. The summed E-state index contributed by atoms with van der Waals surface area (Å²) in [4.78, 5) is 15.9. The number of anilines is 1. The van der Waals surface area contributed by atoms with Gasteiger partial charge < -0.3 is 14.2 Å². The molecule has 0 bridgehead atoms. The van der Waals surface area contributed by atoms with E-state index in [0.717, 1.165) is 17.7 Å². The second-order valence-electron chi connectivity index (χ2n) is 9.47. The number of nitrogens with zero attached hydrogens (tertiary/aromatic N) is 3. The Balaban J connectivity index is 1.53. The molecular weight excluding hydrogens is 458 g/mol. The van der Waals surface area contributed by atoms with Crippen LogP contribution in [0.2, 0.25) is 0 Å². The second-order valence-corrected chi connectivity index (χ2v) is 9.47. The molecule has 5 heteroatoms. The molecule has 0 N–H and O–H groups in total. The highest BCUT2D eigenvalue weighted by molar-refractivity contribution is 6.09. The van der Waals surface area contributed by atoms with Crippen molar-refractivity contribution in [1.82, 2.24) is 4.57 Å². The minimum Gasteiger partial charge on any atom is -0.497 e. The maximum absolute atomic E-state index is 13.9. The molecule has 2 heterocycles. The highest BCUT2D eigenvalue weighted by Gasteiger charge is 2.37. The van der Waals surface area contributed by atoms with Crippen molar-refractivity contribution in [3.63, 3.8) is 0 Å². The van der Waals surface area contributed by atoms with Crippen molar-refractivity contribution in [3.8, 4) is 11.8 Å². The number of carbonyl (C=O) groups is 1. The molecule has 1 aromatic heterocycles. The van der Waals surface area contributed by atoms with E-state index in [9.17, 15) is 10.1 Å². The Morgan fingerprint density at radius 3 is 2.16 bits per heavy atom. The predicted molar refractivity (Wildman–Crippen MR) is 147 cm³/mol. The fraction of sp³-hybridized carbons (Fsp3) is 0.188. The van der Waals surface area contributed by atoms with Gasteiger partial charge in [-0.1, -0.05) is 54.6 Å². The lowest BCUT2D eigenvalue weighted by Crippen LogP contribution is -2.45. The van der Waals surface area contributed by atoms with Crippen LogP contribution >= 0.6 is 0 Å². The normalized spacial score (nSPS) is 16.9. The summed E-state index contributed by atoms with van der Waals surface area (Å²) in [6.07, 6.45) is 1.72. The average Bonchev–Trinajstić information content (AvgIpc) is 3.29. The Kier molecular flexibility index (Phi) is 5.86. The van der Waals surface area contributed by atoms with Crippen LogP contribution in [0.5, 0.6) is 5.75 Å². The number of nitriles is 1. The lowest BCUT2D eigenvalue weighted by atomic mass is 9.88. The second kappa shape index (κ2) is 9.48. The zero-order valence-electron chi connectivity index (χ0n) is 20.7. The van der Waals surface area contributed by atoms with Crippen LogP contribution in [0, 0.1) is 11.3 Å². The van der Waals surface area contributed by atoms with E-state index in [1.54, 1.807) is 7.11 Å². The molecular formula is C32H27N3O2. The van der Waals surface area contributed by atoms with E-state index in [1.807, 2.05) is 47.4 Å². The van der Waals surface area contributed by atoms with Gasteiger partial charge >= 0.3 is 0 Å². The van der Waals surface area contributed by atoms with Crippen molar-refractivity contribution in [2.24, 2.45) is 0 Å². The van der Waals surface area contributed by atoms with Gasteiger partial charge in [0.2, 0.25) is 0 Å². The SMILES string of the molecule is COc1ccc(C(=O)N2c3ccccc3C(n3c4ccccc4c4ccccc43)CC2CCC#N)cc1. The van der Waals surface area contributed by atoms with Gasteiger partial charge in [-0.25, -0.2) is 0 Å². The molecule has 1 aliphatic rings. The average molecular weight is 486 g/mol. The monoisotopic (exact) mass is 485 g/mol. The molecule has 1 amide bonds. The number of rotatable bonds is 5. The van der Waals surface area contributed by atoms with Crippen LogP contribution in [0.4, 0.5) is 5.69 Å². The Labute approximate surface area is 216 Å². The molecule has 4 aromatic carbocycles. The van der Waals surface area contributed by atoms with Crippen LogP contribution in [-0.2, 0) is 0 Å². The smallest absolute Gasteiger partial charge is 0.258 e. The van der Waals surface area contributed by atoms with Gasteiger partial charge in [0.15, 0.2) is 0 Å². The summed E-state index contributed by atoms with van der Waals surface area (Å²) in [5.74, 6) is 0.654. The first-order valence-electron chi connectivity index (χ1n) is 12.6. The Morgan fingerprint density at radius 1 is 0.892 bits per heavy atom. The van der Waals surface area contributed by atoms with Gasteiger partial charge in [-0.2, -0.15) is 5.26 Å². The number of methoxy groups -OCH3 is 1. The summed E-state index contributed by atoms with van der Waals surface area (Å²) in [5, 5.41) is 11.9. The van der Waals surface area contributed by atoms with Crippen molar-refractivity contribution < 1.29 is 9.53 Å². The van der Waals surface area contributed by atoms with Crippen molar-refractivity contribution in [2.45, 2.75) is 31.3 Å². The van der Waals surface area contributed by atoms with Gasteiger partial charge in [-0.05, 0) is 60.9 Å². The fourth-order valence-corrected chi connectivity index (χ4v) is 5.83. The molecule has 2 unspecified atom stereocenters. The van der Waals surface area contributed by atoms with E-state index >= 15 is 0 Å². The number of ether oxygens (including phenoxy) is 1. The van der Waals surface area contributed by atoms with Gasteiger partial charge in [0.25, 0.3) is 5.91 Å². The Bertz CT molecular complexity index is 1590. The zero-order valence-corrected chi connectivity index (χ0v) is 20.7. The minimum absolute atomic E-state index is 0.0320. The number of hydrogen-bond donors (Lipinski definition) is 0. The Morgan fingerprint density at radius 2 is 1.51 bits per heavy atom. The van der Waals surface area contributed by atoms with Gasteiger partial charge in [-0.15, -0.1) is 0 Å². The summed E-state index contributed by atoms with van der Waals surface area (Å²) in [5.41, 5.74) is 4.98. The van der Waals surface area contributed by atoms with Crippen LogP contribution < -0.4 is 9.64 Å². The quantitative estimate of drug-likeness (QED) is 0.266. The summed E-state index contributed by atoms with van der Waals surface area (Å²) >= 11 is 0. The van der Waals surface area contributed by atoms with Gasteiger partial charge in [0.05, 0.1) is 19.2 Å². The van der Waals surface area contributed by atoms with Crippen LogP contribution in [0.3, 0.4) is 0 Å². The third-order valence-electron chi connectivity index (χ3n) is 7.49. The fourth-order valence-electron chi connectivity index (χ4n) is 5.83. The topological polar surface area (TPSA) is 58.3 Å². The van der Waals surface area contributed by atoms with E-state index in [0.29, 0.717) is 24.2 Å². The van der Waals surface area contributed by atoms with Crippen molar-refractivity contribution in [1.29, 1.82) is 5.26 Å². The van der Waals surface area contributed by atoms with E-state index in [1.165, 1.54) is 21.8 Å². The Hall–Kier alpha value is -4.56. The summed E-state index contributed by atoms with van der Waals surface area (Å²) < 4.78 is 7.72. The molecule has 1 aliphatic heterocycles. The number of hydrogen-bond acceptors (Lipinski definition) is 3. The third-order valence-corrected chi connectivity index (χ3v) is 7.49. The lowest BCUT2D eigenvalue weighted by molar-refractivity contribution is 0.0969. The number of para-hydroxylation sites is 3. The van der Waals surface area contributed by atoms with Gasteiger partial charge in [0, 0.05) is 45.5 Å². The molecule has 37 heavy (non-hydrogen) atoms. The van der Waals surface area contributed by atoms with Crippen LogP contribution in [0.15, 0.2) is 97.1 Å². The van der Waals surface area contributed by atoms with Crippen LogP contribution in [-0.4, -0.2) is 23.6 Å². The molecule has 5 nitrogen and oxygen atoms in total. The van der Waals surface area contributed by atoms with Crippen molar-refractivity contribution in [2.75, 3.05) is 12.0 Å². The minimum atomic E-state index is -0.117. The molecule has 5 aromatic rings. The third kappa shape index (κ3) is 3.82. The number of aromatic nitrogens is 1. The maximum atomic E-state index is 13.9. The predicted octanol–water partition coefficient (Wildman–Crippen LogP) is 7.12. The van der Waals surface area contributed by atoms with Gasteiger partial charge in [0.1, 0.15) is 5.75 Å². The number of amides is 1. The summed E-state index contributed by atoms with van der Waals surface area (Å²) in [7, 11) is 1.62. The number of carbonyl (C=O) groups excluding carboxylic acids is 1. The summed E-state index contributed by atoms with van der Waals surface area (Å²) in [6.45, 7) is 0. The largest absolute Gasteiger partial charge is 0.497 e. The molecule has 0 saturated heterocycles. The van der Waals surface area contributed by atoms with E-state index in [4.69, 9.17) is 4.74 Å². The molecule has 6 rings (SSSR count). The first-order chi connectivity index (χ1) is 18.2. The highest BCUT2D eigenvalue weighted by atomic mass is 16.5. The molecule has 0 saturated carbocycles. The van der Waals surface area contributed by atoms with E-state index in [-0.39, 0.29) is 18.0 Å². The first kappa shape index (κ1) is 22.9. The molecule has 0 spiro atoms. The van der Waals surface area contributed by atoms with Crippen molar-refractivity contribution >= 4 is 33.4 Å². The van der Waals surface area contributed by atoms with Crippen LogP contribution in [0.25, 0.3) is 21.8 Å². The molecule has 0 fully saturated rings. The lowest BCUT2D eigenvalue weighted by Gasteiger charge is -2.42. The van der Waals surface area contributed by atoms with Crippen LogP contribution in [0.1, 0.15) is 41.2 Å². The first-order valence-corrected chi connectivity index (χ1v) is 12.6. The maximum Gasteiger partial charge on any atom is 0.258 e. The van der Waals surface area contributed by atoms with Crippen molar-refractivity contribution in [3.05, 3.63) is 108 Å². The van der Waals surface area contributed by atoms with E-state index < -0.39 is 0 Å². The number of benzene rings is 4. The van der Waals surface area contributed by atoms with Gasteiger partial charge in [-0.3, -0.25) is 4.79 Å². The number of fused-ring (bicyclic) bond motifs is 4. The standard InChI is InChI=1S/C32H27N3O2/c1-37-24-18-16-22(17-19-24)32(36)34-23(9-8-20-33)21-31(27-12-4-7-15-30(27)34)35-28-13-5-2-10-25(28)26-11-3-6-14-29(26)35/h2-7,10-19,23,31H,8-9,21H2,1H3.